The normalized spacial score (nSPS) is 14.8. The number of nitrogens with one attached hydrogen (secondary N) is 1. The van der Waals surface area contributed by atoms with Gasteiger partial charge in [-0.3, -0.25) is 5.32 Å². The predicted octanol–water partition coefficient (Wildman–Crippen LogP) is 2.51. The van der Waals surface area contributed by atoms with Crippen molar-refractivity contribution in [3.05, 3.63) is 12.1 Å². The van der Waals surface area contributed by atoms with Gasteiger partial charge in [-0.15, -0.1) is 0 Å². The molecule has 0 atom stereocenters. The van der Waals surface area contributed by atoms with Crippen molar-refractivity contribution < 1.29 is 9.53 Å². The fourth-order valence-electron chi connectivity index (χ4n) is 2.32. The lowest BCUT2D eigenvalue weighted by atomic mass is 10.3. The molecule has 2 heterocycles. The van der Waals surface area contributed by atoms with Crippen molar-refractivity contribution in [3.63, 3.8) is 0 Å². The van der Waals surface area contributed by atoms with Gasteiger partial charge in [-0.25, -0.2) is 9.78 Å². The summed E-state index contributed by atoms with van der Waals surface area (Å²) < 4.78 is 6.17. The first-order valence-electron chi connectivity index (χ1n) is 6.47. The second kappa shape index (κ2) is 5.16. The molecule has 0 bridgehead atoms. The molecule has 6 nitrogen and oxygen atoms in total. The zero-order chi connectivity index (χ0) is 14.1. The third-order valence-corrected chi connectivity index (χ3v) is 4.23. The fraction of sp³-hybridized carbons (Fsp3) is 0.385. The van der Waals surface area contributed by atoms with E-state index in [4.69, 9.17) is 10.5 Å². The molecule has 1 fully saturated rings. The van der Waals surface area contributed by atoms with E-state index in [1.807, 2.05) is 6.07 Å². The molecule has 0 spiro atoms. The number of carbonyl (C=O) groups excluding carboxylic acids is 1. The van der Waals surface area contributed by atoms with Gasteiger partial charge in [0.25, 0.3) is 0 Å². The number of benzene rings is 1. The highest BCUT2D eigenvalue weighted by atomic mass is 32.1. The number of nitrogens with two attached hydrogens (primary N) is 1. The van der Waals surface area contributed by atoms with Gasteiger partial charge < -0.3 is 15.4 Å². The Kier molecular flexibility index (Phi) is 3.35. The molecule has 106 valence electrons. The molecule has 1 aliphatic heterocycles. The van der Waals surface area contributed by atoms with Crippen molar-refractivity contribution >= 4 is 38.4 Å². The molecule has 2 amide bonds. The number of nitrogen functional groups attached to an aromatic ring is 1. The van der Waals surface area contributed by atoms with Crippen molar-refractivity contribution in [1.82, 2.24) is 9.88 Å². The average molecular weight is 292 g/mol. The topological polar surface area (TPSA) is 80.5 Å². The van der Waals surface area contributed by atoms with Crippen molar-refractivity contribution in [2.75, 3.05) is 31.2 Å². The van der Waals surface area contributed by atoms with E-state index in [2.05, 4.69) is 10.3 Å². The van der Waals surface area contributed by atoms with Gasteiger partial charge in [0, 0.05) is 24.8 Å². The van der Waals surface area contributed by atoms with E-state index in [1.165, 1.54) is 11.3 Å². The molecule has 0 radical (unpaired) electrons. The molecule has 1 saturated heterocycles. The summed E-state index contributed by atoms with van der Waals surface area (Å²) in [5.74, 6) is 0.623. The monoisotopic (exact) mass is 292 g/mol. The molecule has 3 N–H and O–H groups in total. The minimum atomic E-state index is -0.0894. The molecule has 1 aromatic carbocycles. The van der Waals surface area contributed by atoms with Crippen molar-refractivity contribution in [3.8, 4) is 5.75 Å². The number of thiazole rings is 1. The molecule has 0 unspecified atom stereocenters. The highest BCUT2D eigenvalue weighted by Crippen LogP contribution is 2.34. The number of fused-ring (bicyclic) bond motifs is 1. The third-order valence-electron chi connectivity index (χ3n) is 3.31. The number of carbonyl (C=O) groups is 1. The highest BCUT2D eigenvalue weighted by Gasteiger charge is 2.19. The molecule has 7 heteroatoms. The lowest BCUT2D eigenvalue weighted by Crippen LogP contribution is -2.32. The summed E-state index contributed by atoms with van der Waals surface area (Å²) in [4.78, 5) is 18.3. The van der Waals surface area contributed by atoms with Gasteiger partial charge in [0.2, 0.25) is 0 Å². The number of amides is 2. The molecule has 2 aromatic rings. The molecule has 20 heavy (non-hydrogen) atoms. The smallest absolute Gasteiger partial charge is 0.323 e. The average Bonchev–Trinajstić information content (AvgIpc) is 3.05. The number of hydrogen-bond acceptors (Lipinski definition) is 5. The number of ether oxygens (including phenoxy) is 1. The lowest BCUT2D eigenvalue weighted by molar-refractivity contribution is 0.222. The maximum Gasteiger partial charge on any atom is 0.323 e. The Morgan fingerprint density at radius 2 is 2.20 bits per heavy atom. The van der Waals surface area contributed by atoms with Gasteiger partial charge in [0.1, 0.15) is 11.3 Å². The first-order valence-corrected chi connectivity index (χ1v) is 7.29. The van der Waals surface area contributed by atoms with Crippen LogP contribution >= 0.6 is 11.3 Å². The Morgan fingerprint density at radius 1 is 1.45 bits per heavy atom. The van der Waals surface area contributed by atoms with Crippen LogP contribution in [-0.2, 0) is 0 Å². The summed E-state index contributed by atoms with van der Waals surface area (Å²) >= 11 is 1.40. The Hall–Kier alpha value is -2.02. The quantitative estimate of drug-likeness (QED) is 0.833. The second-order valence-corrected chi connectivity index (χ2v) is 5.74. The second-order valence-electron chi connectivity index (χ2n) is 4.71. The standard InChI is InChI=1S/C13H16N4O2S/c1-19-9-6-8(14)7-10-11(9)15-12(20-10)16-13(18)17-4-2-3-5-17/h6-7H,2-5,14H2,1H3,(H,15,16,18). The summed E-state index contributed by atoms with van der Waals surface area (Å²) in [6, 6.07) is 3.48. The SMILES string of the molecule is COc1cc(N)cc2sc(NC(=O)N3CCCC3)nc12. The van der Waals surface area contributed by atoms with E-state index in [1.54, 1.807) is 18.1 Å². The van der Waals surface area contributed by atoms with Crippen LogP contribution in [0.25, 0.3) is 10.2 Å². The summed E-state index contributed by atoms with van der Waals surface area (Å²) in [6.45, 7) is 1.62. The predicted molar refractivity (Wildman–Crippen MR) is 80.4 cm³/mol. The summed E-state index contributed by atoms with van der Waals surface area (Å²) in [5, 5.41) is 3.41. The number of methoxy groups -OCH3 is 1. The van der Waals surface area contributed by atoms with E-state index in [-0.39, 0.29) is 6.03 Å². The Morgan fingerprint density at radius 3 is 2.90 bits per heavy atom. The summed E-state index contributed by atoms with van der Waals surface area (Å²) in [7, 11) is 1.58. The maximum absolute atomic E-state index is 12.0. The first kappa shape index (κ1) is 13.0. The van der Waals surface area contributed by atoms with Crippen LogP contribution in [0, 0.1) is 0 Å². The van der Waals surface area contributed by atoms with E-state index in [0.717, 1.165) is 36.1 Å². The van der Waals surface area contributed by atoms with Crippen molar-refractivity contribution in [2.45, 2.75) is 12.8 Å². The number of hydrogen-bond donors (Lipinski definition) is 2. The number of rotatable bonds is 2. The van der Waals surface area contributed by atoms with Crippen LogP contribution in [0.15, 0.2) is 12.1 Å². The molecule has 1 aromatic heterocycles. The van der Waals surface area contributed by atoms with Crippen molar-refractivity contribution in [2.24, 2.45) is 0 Å². The van der Waals surface area contributed by atoms with Gasteiger partial charge in [0.15, 0.2) is 5.13 Å². The highest BCUT2D eigenvalue weighted by molar-refractivity contribution is 7.22. The molecular weight excluding hydrogens is 276 g/mol. The van der Waals surface area contributed by atoms with E-state index >= 15 is 0 Å². The van der Waals surface area contributed by atoms with Gasteiger partial charge in [-0.05, 0) is 18.9 Å². The Balaban J connectivity index is 1.87. The molecule has 0 saturated carbocycles. The van der Waals surface area contributed by atoms with Crippen LogP contribution in [0.5, 0.6) is 5.75 Å². The Bertz CT molecular complexity index is 649. The van der Waals surface area contributed by atoms with Gasteiger partial charge in [0.05, 0.1) is 11.8 Å². The Labute approximate surface area is 120 Å². The zero-order valence-corrected chi connectivity index (χ0v) is 12.0. The fourth-order valence-corrected chi connectivity index (χ4v) is 3.24. The van der Waals surface area contributed by atoms with Crippen LogP contribution < -0.4 is 15.8 Å². The van der Waals surface area contributed by atoms with E-state index in [0.29, 0.717) is 16.6 Å². The third kappa shape index (κ3) is 2.36. The van der Waals surface area contributed by atoms with Crippen LogP contribution in [0.4, 0.5) is 15.6 Å². The van der Waals surface area contributed by atoms with E-state index < -0.39 is 0 Å². The van der Waals surface area contributed by atoms with Crippen LogP contribution in [0.1, 0.15) is 12.8 Å². The molecule has 1 aliphatic rings. The zero-order valence-electron chi connectivity index (χ0n) is 11.2. The minimum Gasteiger partial charge on any atom is -0.494 e. The van der Waals surface area contributed by atoms with Crippen LogP contribution in [0.2, 0.25) is 0 Å². The van der Waals surface area contributed by atoms with Gasteiger partial charge in [-0.2, -0.15) is 0 Å². The number of likely N-dealkylation sites (tertiary alicyclic amines) is 1. The van der Waals surface area contributed by atoms with Gasteiger partial charge in [-0.1, -0.05) is 11.3 Å². The van der Waals surface area contributed by atoms with E-state index in [9.17, 15) is 4.79 Å². The number of nitrogens with zero attached hydrogens (tertiary/aromatic N) is 2. The lowest BCUT2D eigenvalue weighted by Gasteiger charge is -2.14. The first-order chi connectivity index (χ1) is 9.67. The largest absolute Gasteiger partial charge is 0.494 e. The van der Waals surface area contributed by atoms with Crippen LogP contribution in [0.3, 0.4) is 0 Å². The number of aromatic nitrogens is 1. The number of anilines is 2. The van der Waals surface area contributed by atoms with Crippen molar-refractivity contribution in [1.29, 1.82) is 0 Å². The summed E-state index contributed by atoms with van der Waals surface area (Å²) in [6.07, 6.45) is 2.13. The summed E-state index contributed by atoms with van der Waals surface area (Å²) in [5.41, 5.74) is 7.16. The van der Waals surface area contributed by atoms with Crippen LogP contribution in [-0.4, -0.2) is 36.1 Å². The van der Waals surface area contributed by atoms with Gasteiger partial charge >= 0.3 is 6.03 Å². The molecule has 0 aliphatic carbocycles. The molecular formula is C13H16N4O2S. The maximum atomic E-state index is 12.0. The minimum absolute atomic E-state index is 0.0894. The number of urea groups is 1. The molecule has 3 rings (SSSR count).